The van der Waals surface area contributed by atoms with Crippen molar-refractivity contribution in [2.75, 3.05) is 0 Å². The molecule has 1 aliphatic heterocycles. The van der Waals surface area contributed by atoms with E-state index in [1.165, 1.54) is 0 Å². The standard InChI is InChI=1S/C19H28O2/c1-7-19(6)11-10-14(12-15(19)13(2)3)16(20)8-9-17-18(4,5)21-17/h7-9,14-15,17H,1-2,10-12H2,3-6H3/b9-8+/t14-,15?,17?,19-/m0/s1. The van der Waals surface area contributed by atoms with Gasteiger partial charge in [0.05, 0.1) is 5.60 Å². The van der Waals surface area contributed by atoms with Gasteiger partial charge in [-0.25, -0.2) is 0 Å². The summed E-state index contributed by atoms with van der Waals surface area (Å²) >= 11 is 0. The average molecular weight is 288 g/mol. The Morgan fingerprint density at radius 3 is 2.43 bits per heavy atom. The Balaban J connectivity index is 2.01. The fourth-order valence-electron chi connectivity index (χ4n) is 3.48. The molecule has 2 nitrogen and oxygen atoms in total. The van der Waals surface area contributed by atoms with Gasteiger partial charge < -0.3 is 4.74 Å². The zero-order chi connectivity index (χ0) is 15.8. The number of epoxide rings is 1. The maximum atomic E-state index is 12.4. The third-order valence-corrected chi connectivity index (χ3v) is 5.31. The van der Waals surface area contributed by atoms with Crippen LogP contribution in [-0.2, 0) is 9.53 Å². The van der Waals surface area contributed by atoms with Crippen LogP contribution in [0.15, 0.2) is 37.0 Å². The molecule has 0 aromatic heterocycles. The number of hydrogen-bond acceptors (Lipinski definition) is 2. The Hall–Kier alpha value is -1.15. The van der Waals surface area contributed by atoms with Crippen LogP contribution in [-0.4, -0.2) is 17.5 Å². The van der Waals surface area contributed by atoms with E-state index in [0.717, 1.165) is 24.8 Å². The normalized spacial score (nSPS) is 38.2. The molecule has 4 atom stereocenters. The van der Waals surface area contributed by atoms with Gasteiger partial charge in [0.15, 0.2) is 5.78 Å². The number of ketones is 1. The maximum Gasteiger partial charge on any atom is 0.158 e. The molecule has 2 unspecified atom stereocenters. The van der Waals surface area contributed by atoms with Crippen LogP contribution in [0.4, 0.5) is 0 Å². The predicted octanol–water partition coefficient (Wildman–Crippen LogP) is 4.47. The van der Waals surface area contributed by atoms with Crippen molar-refractivity contribution in [3.63, 3.8) is 0 Å². The average Bonchev–Trinajstić information content (AvgIpc) is 3.03. The molecule has 0 N–H and O–H groups in total. The molecule has 1 aliphatic carbocycles. The van der Waals surface area contributed by atoms with Crippen molar-refractivity contribution in [2.24, 2.45) is 17.3 Å². The van der Waals surface area contributed by atoms with Gasteiger partial charge in [-0.15, -0.1) is 6.58 Å². The van der Waals surface area contributed by atoms with E-state index in [2.05, 4.69) is 27.0 Å². The number of hydrogen-bond donors (Lipinski definition) is 0. The zero-order valence-corrected chi connectivity index (χ0v) is 13.8. The molecule has 0 aromatic carbocycles. The summed E-state index contributed by atoms with van der Waals surface area (Å²) in [6, 6.07) is 0. The molecular formula is C19H28O2. The summed E-state index contributed by atoms with van der Waals surface area (Å²) in [5, 5.41) is 0. The van der Waals surface area contributed by atoms with Crippen LogP contribution in [0.3, 0.4) is 0 Å². The lowest BCUT2D eigenvalue weighted by Gasteiger charge is -2.42. The Kier molecular flexibility index (Phi) is 4.30. The third-order valence-electron chi connectivity index (χ3n) is 5.31. The summed E-state index contributed by atoms with van der Waals surface area (Å²) in [4.78, 5) is 12.4. The van der Waals surface area contributed by atoms with E-state index in [-0.39, 0.29) is 28.8 Å². The number of carbonyl (C=O) groups is 1. The van der Waals surface area contributed by atoms with E-state index < -0.39 is 0 Å². The lowest BCUT2D eigenvalue weighted by Crippen LogP contribution is -2.35. The molecule has 0 aromatic rings. The monoisotopic (exact) mass is 288 g/mol. The molecule has 2 fully saturated rings. The first-order valence-electron chi connectivity index (χ1n) is 7.88. The van der Waals surface area contributed by atoms with Crippen molar-refractivity contribution < 1.29 is 9.53 Å². The Morgan fingerprint density at radius 1 is 1.33 bits per heavy atom. The molecular weight excluding hydrogens is 260 g/mol. The Morgan fingerprint density at radius 2 is 1.95 bits per heavy atom. The van der Waals surface area contributed by atoms with Gasteiger partial charge in [0.25, 0.3) is 0 Å². The first-order chi connectivity index (χ1) is 9.69. The highest BCUT2D eigenvalue weighted by Gasteiger charge is 2.46. The maximum absolute atomic E-state index is 12.4. The van der Waals surface area contributed by atoms with Crippen LogP contribution in [0.1, 0.15) is 47.0 Å². The molecule has 0 radical (unpaired) electrons. The summed E-state index contributed by atoms with van der Waals surface area (Å²) in [5.74, 6) is 0.691. The number of carbonyl (C=O) groups excluding carboxylic acids is 1. The summed E-state index contributed by atoms with van der Waals surface area (Å²) in [6.07, 6.45) is 8.61. The zero-order valence-electron chi connectivity index (χ0n) is 13.8. The van der Waals surface area contributed by atoms with Crippen LogP contribution in [0.5, 0.6) is 0 Å². The van der Waals surface area contributed by atoms with Crippen molar-refractivity contribution in [1.29, 1.82) is 0 Å². The van der Waals surface area contributed by atoms with E-state index in [9.17, 15) is 4.79 Å². The third kappa shape index (κ3) is 3.37. The number of allylic oxidation sites excluding steroid dienone is 3. The van der Waals surface area contributed by atoms with Gasteiger partial charge in [0.2, 0.25) is 0 Å². The van der Waals surface area contributed by atoms with E-state index in [0.29, 0.717) is 5.92 Å². The minimum Gasteiger partial charge on any atom is -0.362 e. The molecule has 1 heterocycles. The molecule has 2 heteroatoms. The molecule has 2 rings (SSSR count). The van der Waals surface area contributed by atoms with Gasteiger partial charge in [-0.1, -0.05) is 25.2 Å². The fraction of sp³-hybridized carbons (Fsp3) is 0.632. The Labute approximate surface area is 129 Å². The fourth-order valence-corrected chi connectivity index (χ4v) is 3.48. The number of ether oxygens (including phenoxy) is 1. The summed E-state index contributed by atoms with van der Waals surface area (Å²) < 4.78 is 5.49. The van der Waals surface area contributed by atoms with Crippen molar-refractivity contribution >= 4 is 5.78 Å². The van der Waals surface area contributed by atoms with Crippen molar-refractivity contribution in [3.05, 3.63) is 37.0 Å². The summed E-state index contributed by atoms with van der Waals surface area (Å²) in [6.45, 7) is 16.5. The lowest BCUT2D eigenvalue weighted by molar-refractivity contribution is -0.120. The second kappa shape index (κ2) is 5.57. The molecule has 1 saturated heterocycles. The second-order valence-corrected chi connectivity index (χ2v) is 7.48. The largest absolute Gasteiger partial charge is 0.362 e. The first-order valence-corrected chi connectivity index (χ1v) is 7.88. The van der Waals surface area contributed by atoms with Crippen LogP contribution in [0.25, 0.3) is 0 Å². The highest BCUT2D eigenvalue weighted by Crippen LogP contribution is 2.47. The summed E-state index contributed by atoms with van der Waals surface area (Å²) in [5.41, 5.74) is 1.14. The van der Waals surface area contributed by atoms with Gasteiger partial charge in [-0.05, 0) is 63.5 Å². The van der Waals surface area contributed by atoms with Crippen LogP contribution < -0.4 is 0 Å². The minimum absolute atomic E-state index is 0.0773. The van der Waals surface area contributed by atoms with E-state index >= 15 is 0 Å². The molecule has 116 valence electrons. The van der Waals surface area contributed by atoms with Gasteiger partial charge in [-0.2, -0.15) is 0 Å². The van der Waals surface area contributed by atoms with Crippen molar-refractivity contribution in [3.8, 4) is 0 Å². The predicted molar refractivity (Wildman–Crippen MR) is 87.0 cm³/mol. The van der Waals surface area contributed by atoms with Crippen molar-refractivity contribution in [1.82, 2.24) is 0 Å². The molecule has 21 heavy (non-hydrogen) atoms. The van der Waals surface area contributed by atoms with Gasteiger partial charge >= 0.3 is 0 Å². The SMILES string of the molecule is C=C[C@@]1(C)CC[C@H](C(=O)/C=C/C2OC2(C)C)CC1C(=C)C. The van der Waals surface area contributed by atoms with Gasteiger partial charge in [0.1, 0.15) is 6.10 Å². The Bertz CT molecular complexity index is 486. The minimum atomic E-state index is -0.0923. The van der Waals surface area contributed by atoms with E-state index in [4.69, 9.17) is 4.74 Å². The molecule has 2 aliphatic rings. The summed E-state index contributed by atoms with van der Waals surface area (Å²) in [7, 11) is 0. The van der Waals surface area contributed by atoms with Gasteiger partial charge in [-0.3, -0.25) is 4.79 Å². The van der Waals surface area contributed by atoms with E-state index in [1.54, 1.807) is 6.08 Å². The molecule has 0 amide bonds. The van der Waals surface area contributed by atoms with E-state index in [1.807, 2.05) is 26.0 Å². The van der Waals surface area contributed by atoms with Crippen LogP contribution in [0, 0.1) is 17.3 Å². The molecule has 0 bridgehead atoms. The highest BCUT2D eigenvalue weighted by molar-refractivity contribution is 5.92. The quantitative estimate of drug-likeness (QED) is 0.424. The second-order valence-electron chi connectivity index (χ2n) is 7.48. The number of rotatable bonds is 5. The molecule has 0 spiro atoms. The lowest BCUT2D eigenvalue weighted by atomic mass is 9.61. The van der Waals surface area contributed by atoms with Crippen LogP contribution >= 0.6 is 0 Å². The highest BCUT2D eigenvalue weighted by atomic mass is 16.6. The molecule has 1 saturated carbocycles. The van der Waals surface area contributed by atoms with Gasteiger partial charge in [0, 0.05) is 5.92 Å². The smallest absolute Gasteiger partial charge is 0.158 e. The van der Waals surface area contributed by atoms with Crippen molar-refractivity contribution in [2.45, 2.75) is 58.7 Å². The van der Waals surface area contributed by atoms with Crippen LogP contribution in [0.2, 0.25) is 0 Å². The topological polar surface area (TPSA) is 29.6 Å². The first kappa shape index (κ1) is 16.2.